The van der Waals surface area contributed by atoms with E-state index in [-0.39, 0.29) is 18.7 Å². The van der Waals surface area contributed by atoms with Crippen molar-refractivity contribution in [2.24, 2.45) is 5.73 Å². The number of aromatic nitrogens is 2. The molecule has 0 fully saturated rings. The molecule has 7 N–H and O–H groups in total. The molecule has 0 aliphatic rings. The third kappa shape index (κ3) is 6.77. The van der Waals surface area contributed by atoms with Crippen LogP contribution >= 0.6 is 0 Å². The van der Waals surface area contributed by atoms with Crippen LogP contribution in [-0.2, 0) is 16.1 Å². The highest BCUT2D eigenvalue weighted by atomic mass is 16.3. The van der Waals surface area contributed by atoms with Crippen LogP contribution in [0.1, 0.15) is 35.6 Å². The van der Waals surface area contributed by atoms with Crippen molar-refractivity contribution in [3.8, 4) is 5.75 Å². The molecule has 0 saturated heterocycles. The average molecular weight is 513 g/mol. The molecule has 4 aromatic rings. The molecular formula is C29H32N6O3. The number of carbonyl (C=O) groups excluding carboxylic acids is 2. The van der Waals surface area contributed by atoms with Crippen molar-refractivity contribution >= 4 is 17.8 Å². The van der Waals surface area contributed by atoms with E-state index in [1.54, 1.807) is 24.5 Å². The number of H-pyrrole nitrogens is 1. The molecule has 38 heavy (non-hydrogen) atoms. The van der Waals surface area contributed by atoms with Gasteiger partial charge in [-0.2, -0.15) is 0 Å². The third-order valence-corrected chi connectivity index (χ3v) is 6.28. The second-order valence-corrected chi connectivity index (χ2v) is 9.02. The van der Waals surface area contributed by atoms with E-state index < -0.39 is 23.4 Å². The smallest absolute Gasteiger partial charge is 0.250 e. The van der Waals surface area contributed by atoms with Gasteiger partial charge in [0.2, 0.25) is 5.91 Å². The number of nitrogens with two attached hydrogens (primary N) is 1. The first-order valence-corrected chi connectivity index (χ1v) is 12.4. The fraction of sp³-hybridized carbons (Fsp3) is 0.207. The predicted octanol–water partition coefficient (Wildman–Crippen LogP) is 3.23. The van der Waals surface area contributed by atoms with Gasteiger partial charge in [0.1, 0.15) is 5.75 Å². The lowest BCUT2D eigenvalue weighted by molar-refractivity contribution is -0.138. The highest BCUT2D eigenvalue weighted by Crippen LogP contribution is 2.24. The number of imidazole rings is 1. The lowest BCUT2D eigenvalue weighted by Gasteiger charge is -2.30. The molecule has 4 rings (SSSR count). The number of rotatable bonds is 12. The lowest BCUT2D eigenvalue weighted by atomic mass is 9.90. The van der Waals surface area contributed by atoms with Crippen LogP contribution in [0.25, 0.3) is 0 Å². The zero-order valence-electron chi connectivity index (χ0n) is 20.9. The molecular weight excluding hydrogens is 480 g/mol. The molecule has 0 unspecified atom stereocenters. The van der Waals surface area contributed by atoms with Crippen molar-refractivity contribution in [2.75, 3.05) is 11.9 Å². The number of aromatic hydroxyl groups is 1. The zero-order valence-corrected chi connectivity index (χ0v) is 20.9. The van der Waals surface area contributed by atoms with E-state index in [2.05, 4.69) is 25.9 Å². The summed E-state index contributed by atoms with van der Waals surface area (Å²) in [5.74, 6) is -0.427. The largest absolute Gasteiger partial charge is 0.508 e. The van der Waals surface area contributed by atoms with Crippen LogP contribution in [0.5, 0.6) is 5.75 Å². The maximum absolute atomic E-state index is 13.8. The Morgan fingerprint density at radius 3 is 2.13 bits per heavy atom. The van der Waals surface area contributed by atoms with E-state index in [0.717, 1.165) is 16.7 Å². The van der Waals surface area contributed by atoms with Crippen LogP contribution in [0.15, 0.2) is 97.3 Å². The molecule has 1 aromatic heterocycles. The van der Waals surface area contributed by atoms with Gasteiger partial charge in [0.15, 0.2) is 11.5 Å². The topological polar surface area (TPSA) is 145 Å². The fourth-order valence-corrected chi connectivity index (χ4v) is 4.13. The Morgan fingerprint density at radius 2 is 1.55 bits per heavy atom. The molecule has 2 amide bonds. The molecule has 0 saturated carbocycles. The van der Waals surface area contributed by atoms with Crippen molar-refractivity contribution in [1.29, 1.82) is 0 Å². The summed E-state index contributed by atoms with van der Waals surface area (Å²) in [5, 5.41) is 18.5. The van der Waals surface area contributed by atoms with Gasteiger partial charge in [-0.25, -0.2) is 4.98 Å². The van der Waals surface area contributed by atoms with Crippen molar-refractivity contribution in [3.63, 3.8) is 0 Å². The summed E-state index contributed by atoms with van der Waals surface area (Å²) in [4.78, 5) is 34.3. The highest BCUT2D eigenvalue weighted by molar-refractivity contribution is 6.09. The number of carbonyl (C=O) groups is 2. The summed E-state index contributed by atoms with van der Waals surface area (Å²) in [5.41, 5.74) is 7.31. The molecule has 0 spiro atoms. The molecule has 0 bridgehead atoms. The number of benzene rings is 3. The monoisotopic (exact) mass is 512 g/mol. The van der Waals surface area contributed by atoms with Gasteiger partial charge in [-0.3, -0.25) is 9.59 Å². The van der Waals surface area contributed by atoms with Gasteiger partial charge in [-0.15, -0.1) is 0 Å². The Bertz CT molecular complexity index is 1260. The fourth-order valence-electron chi connectivity index (χ4n) is 4.13. The number of nitrogens with zero attached hydrogens (tertiary/aromatic N) is 1. The first-order valence-electron chi connectivity index (χ1n) is 12.4. The van der Waals surface area contributed by atoms with Gasteiger partial charge in [0, 0.05) is 25.5 Å². The number of hydrogen-bond donors (Lipinski definition) is 6. The number of aromatic amines is 1. The quantitative estimate of drug-likeness (QED) is 0.127. The molecule has 1 atom stereocenters. The van der Waals surface area contributed by atoms with Crippen molar-refractivity contribution in [2.45, 2.75) is 31.0 Å². The van der Waals surface area contributed by atoms with E-state index in [0.29, 0.717) is 18.9 Å². The van der Waals surface area contributed by atoms with Crippen molar-refractivity contribution in [3.05, 3.63) is 114 Å². The van der Waals surface area contributed by atoms with E-state index in [9.17, 15) is 14.7 Å². The van der Waals surface area contributed by atoms with Crippen LogP contribution < -0.4 is 21.7 Å². The summed E-state index contributed by atoms with van der Waals surface area (Å²) in [6.45, 7) is 0.628. The second kappa shape index (κ2) is 12.6. The number of nitrogens with one attached hydrogen (secondary N) is 4. The number of amides is 2. The van der Waals surface area contributed by atoms with Gasteiger partial charge in [0.25, 0.3) is 5.91 Å². The van der Waals surface area contributed by atoms with Gasteiger partial charge in [0.05, 0.1) is 6.04 Å². The van der Waals surface area contributed by atoms with Gasteiger partial charge < -0.3 is 31.8 Å². The number of phenols is 1. The van der Waals surface area contributed by atoms with Crippen LogP contribution in [0.4, 0.5) is 5.95 Å². The molecule has 0 radical (unpaired) electrons. The van der Waals surface area contributed by atoms with E-state index in [1.165, 1.54) is 12.1 Å². The van der Waals surface area contributed by atoms with Crippen molar-refractivity contribution in [1.82, 2.24) is 20.6 Å². The Kier molecular flexibility index (Phi) is 8.73. The van der Waals surface area contributed by atoms with Gasteiger partial charge in [-0.1, -0.05) is 72.8 Å². The zero-order chi connectivity index (χ0) is 26.8. The Morgan fingerprint density at radius 1 is 0.921 bits per heavy atom. The SMILES string of the molecule is N[C@@](CCCNc1ncc[nH]1)(C(=O)NCc1ccc(O)cc1)C(=O)NC(c1ccccc1)c1ccccc1. The van der Waals surface area contributed by atoms with Gasteiger partial charge in [-0.05, 0) is 41.7 Å². The van der Waals surface area contributed by atoms with E-state index >= 15 is 0 Å². The normalized spacial score (nSPS) is 12.5. The van der Waals surface area contributed by atoms with Crippen LogP contribution in [0.2, 0.25) is 0 Å². The summed E-state index contributed by atoms with van der Waals surface area (Å²) in [6.07, 6.45) is 3.88. The number of hydrogen-bond acceptors (Lipinski definition) is 6. The molecule has 0 aliphatic heterocycles. The summed E-state index contributed by atoms with van der Waals surface area (Å²) in [6, 6.07) is 25.1. The van der Waals surface area contributed by atoms with E-state index in [1.807, 2.05) is 60.7 Å². The minimum absolute atomic E-state index is 0.101. The summed E-state index contributed by atoms with van der Waals surface area (Å²) >= 11 is 0. The van der Waals surface area contributed by atoms with E-state index in [4.69, 9.17) is 5.73 Å². The molecule has 9 nitrogen and oxygen atoms in total. The standard InChI is InChI=1S/C29H32N6O3/c30-29(16-7-17-31-28-32-18-19-33-28,26(37)34-20-21-12-14-24(36)15-13-21)27(38)35-25(22-8-3-1-4-9-22)23-10-5-2-6-11-23/h1-6,8-15,18-19,25,36H,7,16-17,20,30H2,(H,34,37)(H,35,38)(H2,31,32,33)/t29-/m0/s1. The van der Waals surface area contributed by atoms with Crippen LogP contribution in [0.3, 0.4) is 0 Å². The third-order valence-electron chi connectivity index (χ3n) is 6.28. The summed E-state index contributed by atoms with van der Waals surface area (Å²) in [7, 11) is 0. The van der Waals surface area contributed by atoms with Gasteiger partial charge >= 0.3 is 0 Å². The Labute approximate surface area is 221 Å². The molecule has 0 aliphatic carbocycles. The Hall–Kier alpha value is -4.63. The highest BCUT2D eigenvalue weighted by Gasteiger charge is 2.42. The van der Waals surface area contributed by atoms with Crippen molar-refractivity contribution < 1.29 is 14.7 Å². The predicted molar refractivity (Wildman–Crippen MR) is 146 cm³/mol. The minimum Gasteiger partial charge on any atom is -0.508 e. The Balaban J connectivity index is 1.53. The molecule has 1 heterocycles. The average Bonchev–Trinajstić information content (AvgIpc) is 3.48. The molecule has 196 valence electrons. The number of anilines is 1. The second-order valence-electron chi connectivity index (χ2n) is 9.02. The van der Waals surface area contributed by atoms with Crippen LogP contribution in [0, 0.1) is 0 Å². The first kappa shape index (κ1) is 26.4. The number of phenolic OH excluding ortho intramolecular Hbond substituents is 1. The maximum atomic E-state index is 13.8. The van der Waals surface area contributed by atoms with Crippen LogP contribution in [-0.4, -0.2) is 39.0 Å². The maximum Gasteiger partial charge on any atom is 0.250 e. The lowest BCUT2D eigenvalue weighted by Crippen LogP contribution is -2.63. The summed E-state index contributed by atoms with van der Waals surface area (Å²) < 4.78 is 0. The first-order chi connectivity index (χ1) is 18.5. The molecule has 3 aromatic carbocycles. The minimum atomic E-state index is -1.83. The molecule has 9 heteroatoms.